The largest absolute Gasteiger partial charge is 0.352 e. The quantitative estimate of drug-likeness (QED) is 0.492. The number of nitriles is 1. The van der Waals surface area contributed by atoms with Crippen molar-refractivity contribution in [3.63, 3.8) is 0 Å². The summed E-state index contributed by atoms with van der Waals surface area (Å²) < 4.78 is 13.3. The van der Waals surface area contributed by atoms with Crippen molar-refractivity contribution in [2.75, 3.05) is 33.2 Å². The smallest absolute Gasteiger partial charge is 0.321 e. The average Bonchev–Trinajstić information content (AvgIpc) is 2.90. The van der Waals surface area contributed by atoms with E-state index < -0.39 is 11.5 Å². The summed E-state index contributed by atoms with van der Waals surface area (Å²) in [5.74, 6) is -0.584. The molecule has 2 N–H and O–H groups in total. The number of hydrogen-bond acceptors (Lipinski definition) is 4. The minimum Gasteiger partial charge on any atom is -0.352 e. The molecule has 37 heavy (non-hydrogen) atoms. The van der Waals surface area contributed by atoms with Crippen LogP contribution in [0.25, 0.3) is 0 Å². The van der Waals surface area contributed by atoms with E-state index in [-0.39, 0.29) is 17.8 Å². The van der Waals surface area contributed by atoms with Crippen LogP contribution in [0.4, 0.5) is 9.18 Å². The van der Waals surface area contributed by atoms with Gasteiger partial charge in [0.2, 0.25) is 0 Å². The normalized spacial score (nSPS) is 19.5. The number of carbonyl (C=O) groups excluding carboxylic acids is 2. The van der Waals surface area contributed by atoms with Crippen molar-refractivity contribution in [3.05, 3.63) is 81.2 Å². The Morgan fingerprint density at radius 3 is 2.54 bits per heavy atom. The second-order valence-electron chi connectivity index (χ2n) is 9.40. The summed E-state index contributed by atoms with van der Waals surface area (Å²) in [6.45, 7) is 2.73. The minimum atomic E-state index is -0.647. The second-order valence-corrected chi connectivity index (χ2v) is 10.2. The molecular formula is C27H28Cl2FN5O2. The predicted octanol–water partition coefficient (Wildman–Crippen LogP) is 4.78. The van der Waals surface area contributed by atoms with Gasteiger partial charge in [-0.2, -0.15) is 5.26 Å². The maximum absolute atomic E-state index is 13.3. The van der Waals surface area contributed by atoms with Gasteiger partial charge < -0.3 is 20.4 Å². The number of halogens is 3. The Kier molecular flexibility index (Phi) is 8.38. The third kappa shape index (κ3) is 6.07. The zero-order valence-electron chi connectivity index (χ0n) is 20.4. The van der Waals surface area contributed by atoms with Gasteiger partial charge in [0.1, 0.15) is 5.82 Å². The number of benzene rings is 2. The number of piperidine rings is 1. The van der Waals surface area contributed by atoms with Gasteiger partial charge in [0, 0.05) is 19.8 Å². The Balaban J connectivity index is 1.30. The Morgan fingerprint density at radius 1 is 1.19 bits per heavy atom. The summed E-state index contributed by atoms with van der Waals surface area (Å²) in [5, 5.41) is 16.4. The second kappa shape index (κ2) is 11.5. The summed E-state index contributed by atoms with van der Waals surface area (Å²) in [6.07, 6.45) is 3.61. The molecule has 4 rings (SSSR count). The molecule has 0 spiro atoms. The summed E-state index contributed by atoms with van der Waals surface area (Å²) in [6, 6.07) is 12.7. The van der Waals surface area contributed by atoms with Crippen molar-refractivity contribution in [2.24, 2.45) is 0 Å². The molecule has 0 aromatic heterocycles. The van der Waals surface area contributed by atoms with Crippen LogP contribution in [0.5, 0.6) is 0 Å². The van der Waals surface area contributed by atoms with Crippen LogP contribution in [0.3, 0.4) is 0 Å². The van der Waals surface area contributed by atoms with Crippen molar-refractivity contribution in [3.8, 4) is 6.07 Å². The highest BCUT2D eigenvalue weighted by atomic mass is 35.5. The molecule has 1 atom stereocenters. The van der Waals surface area contributed by atoms with Crippen LogP contribution in [-0.4, -0.2) is 55.0 Å². The standard InChI is InChI=1S/C27H28Cl2FN5O2/c1-34-16-21(24(33-26(34)37)18-3-8-22(28)23(29)15-18)25(36)32-11-2-12-35-13-9-27(17-31,10-14-35)19-4-6-20(30)7-5-19/h3-8,15-16,24H,2,9-14H2,1H3,(H,32,36)(H,33,37)/t24-/m1/s1. The highest BCUT2D eigenvalue weighted by Gasteiger charge is 2.36. The maximum atomic E-state index is 13.3. The van der Waals surface area contributed by atoms with E-state index in [1.165, 1.54) is 23.2 Å². The highest BCUT2D eigenvalue weighted by molar-refractivity contribution is 6.42. The molecule has 194 valence electrons. The topological polar surface area (TPSA) is 88.5 Å². The van der Waals surface area contributed by atoms with Gasteiger partial charge in [0.25, 0.3) is 5.91 Å². The van der Waals surface area contributed by atoms with E-state index in [9.17, 15) is 19.2 Å². The monoisotopic (exact) mass is 543 g/mol. The summed E-state index contributed by atoms with van der Waals surface area (Å²) in [7, 11) is 1.58. The van der Waals surface area contributed by atoms with Crippen LogP contribution in [0.2, 0.25) is 10.0 Å². The molecule has 2 aromatic carbocycles. The first-order chi connectivity index (χ1) is 17.7. The fourth-order valence-electron chi connectivity index (χ4n) is 4.79. The van der Waals surface area contributed by atoms with Crippen molar-refractivity contribution in [1.29, 1.82) is 5.26 Å². The zero-order chi connectivity index (χ0) is 26.6. The summed E-state index contributed by atoms with van der Waals surface area (Å²) in [5.41, 5.74) is 1.32. The first-order valence-corrected chi connectivity index (χ1v) is 12.9. The summed E-state index contributed by atoms with van der Waals surface area (Å²) in [4.78, 5) is 28.9. The van der Waals surface area contributed by atoms with Crippen LogP contribution in [0.15, 0.2) is 54.2 Å². The average molecular weight is 544 g/mol. The van der Waals surface area contributed by atoms with Crippen LogP contribution >= 0.6 is 23.2 Å². The fourth-order valence-corrected chi connectivity index (χ4v) is 5.09. The van der Waals surface area contributed by atoms with Gasteiger partial charge in [-0.15, -0.1) is 0 Å². The van der Waals surface area contributed by atoms with Gasteiger partial charge in [0.05, 0.1) is 33.1 Å². The number of nitrogens with one attached hydrogen (secondary N) is 2. The predicted molar refractivity (Wildman–Crippen MR) is 141 cm³/mol. The molecule has 1 saturated heterocycles. The first-order valence-electron chi connectivity index (χ1n) is 12.1. The molecule has 3 amide bonds. The molecule has 0 radical (unpaired) electrons. The van der Waals surface area contributed by atoms with Crippen LogP contribution in [0, 0.1) is 17.1 Å². The number of hydrogen-bond donors (Lipinski definition) is 2. The lowest BCUT2D eigenvalue weighted by Crippen LogP contribution is -2.46. The Bertz CT molecular complexity index is 1240. The number of nitrogens with zero attached hydrogens (tertiary/aromatic N) is 3. The number of rotatable bonds is 7. The van der Waals surface area contributed by atoms with Crippen molar-refractivity contribution in [2.45, 2.75) is 30.7 Å². The Hall–Kier alpha value is -3.12. The molecule has 2 aliphatic rings. The SMILES string of the molecule is CN1C=C(C(=O)NCCCN2CCC(C#N)(c3ccc(F)cc3)CC2)[C@@H](c2ccc(Cl)c(Cl)c2)NC1=O. The maximum Gasteiger partial charge on any atom is 0.321 e. The first kappa shape index (κ1) is 26.9. The Labute approximate surface area is 225 Å². The summed E-state index contributed by atoms with van der Waals surface area (Å²) >= 11 is 12.2. The Morgan fingerprint density at radius 2 is 1.89 bits per heavy atom. The van der Waals surface area contributed by atoms with E-state index in [0.29, 0.717) is 40.6 Å². The highest BCUT2D eigenvalue weighted by Crippen LogP contribution is 2.35. The van der Waals surface area contributed by atoms with E-state index in [2.05, 4.69) is 21.6 Å². The van der Waals surface area contributed by atoms with E-state index in [1.807, 2.05) is 0 Å². The minimum absolute atomic E-state index is 0.277. The molecule has 7 nitrogen and oxygen atoms in total. The molecule has 0 bridgehead atoms. The molecule has 10 heteroatoms. The van der Waals surface area contributed by atoms with Crippen molar-refractivity contribution in [1.82, 2.24) is 20.4 Å². The van der Waals surface area contributed by atoms with Crippen molar-refractivity contribution < 1.29 is 14.0 Å². The van der Waals surface area contributed by atoms with Gasteiger partial charge in [-0.25, -0.2) is 9.18 Å². The third-order valence-corrected chi connectivity index (χ3v) is 7.77. The number of likely N-dealkylation sites (tertiary alicyclic amines) is 1. The van der Waals surface area contributed by atoms with E-state index in [0.717, 1.165) is 31.6 Å². The van der Waals surface area contributed by atoms with Crippen LogP contribution in [-0.2, 0) is 10.2 Å². The van der Waals surface area contributed by atoms with Crippen molar-refractivity contribution >= 4 is 35.1 Å². The third-order valence-electron chi connectivity index (χ3n) is 7.03. The lowest BCUT2D eigenvalue weighted by atomic mass is 9.74. The molecule has 0 saturated carbocycles. The molecule has 1 fully saturated rings. The number of urea groups is 1. The van der Waals surface area contributed by atoms with Gasteiger partial charge in [-0.1, -0.05) is 41.4 Å². The molecule has 0 unspecified atom stereocenters. The molecule has 0 aliphatic carbocycles. The number of amides is 3. The van der Waals surface area contributed by atoms with Gasteiger partial charge in [-0.05, 0) is 74.3 Å². The fraction of sp³-hybridized carbons (Fsp3) is 0.370. The van der Waals surface area contributed by atoms with Crippen LogP contribution in [0.1, 0.15) is 36.4 Å². The molecule has 2 aliphatic heterocycles. The molecule has 2 aromatic rings. The van der Waals surface area contributed by atoms with E-state index in [4.69, 9.17) is 23.2 Å². The number of carbonyl (C=O) groups is 2. The molecule has 2 heterocycles. The van der Waals surface area contributed by atoms with E-state index in [1.54, 1.807) is 37.4 Å². The lowest BCUT2D eigenvalue weighted by molar-refractivity contribution is -0.118. The van der Waals surface area contributed by atoms with Gasteiger partial charge in [0.15, 0.2) is 0 Å². The van der Waals surface area contributed by atoms with Gasteiger partial charge >= 0.3 is 6.03 Å². The van der Waals surface area contributed by atoms with Gasteiger partial charge in [-0.3, -0.25) is 4.79 Å². The molecular weight excluding hydrogens is 516 g/mol. The van der Waals surface area contributed by atoms with E-state index >= 15 is 0 Å². The zero-order valence-corrected chi connectivity index (χ0v) is 21.9. The van der Waals surface area contributed by atoms with Crippen LogP contribution < -0.4 is 10.6 Å². The lowest BCUT2D eigenvalue weighted by Gasteiger charge is -2.37.